The highest BCUT2D eigenvalue weighted by atomic mass is 32.2. The molecule has 1 aliphatic rings. The molecule has 0 aromatic carbocycles. The van der Waals surface area contributed by atoms with Crippen molar-refractivity contribution >= 4 is 17.7 Å². The lowest BCUT2D eigenvalue weighted by atomic mass is 10.2. The largest absolute Gasteiger partial charge is 0.341 e. The first kappa shape index (κ1) is 13.4. The Hall–Kier alpha value is -1.07. The molecule has 1 saturated heterocycles. The van der Waals surface area contributed by atoms with Crippen LogP contribution in [-0.2, 0) is 10.5 Å². The first-order chi connectivity index (χ1) is 8.77. The maximum Gasteiger partial charge on any atom is 0.232 e. The minimum Gasteiger partial charge on any atom is -0.341 e. The Bertz CT molecular complexity index is 379. The zero-order valence-corrected chi connectivity index (χ0v) is 11.4. The van der Waals surface area contributed by atoms with Gasteiger partial charge in [0.25, 0.3) is 0 Å². The molecule has 18 heavy (non-hydrogen) atoms. The Labute approximate surface area is 112 Å². The van der Waals surface area contributed by atoms with Crippen molar-refractivity contribution in [2.24, 2.45) is 0 Å². The lowest BCUT2D eigenvalue weighted by molar-refractivity contribution is -0.128. The summed E-state index contributed by atoms with van der Waals surface area (Å²) in [6.45, 7) is 1.94. The summed E-state index contributed by atoms with van der Waals surface area (Å²) in [7, 11) is 1.90. The molecule has 1 aromatic rings. The molecule has 1 unspecified atom stereocenters. The van der Waals surface area contributed by atoms with E-state index in [0.717, 1.165) is 31.0 Å². The third kappa shape index (κ3) is 3.71. The van der Waals surface area contributed by atoms with Gasteiger partial charge < -0.3 is 10.2 Å². The summed E-state index contributed by atoms with van der Waals surface area (Å²) in [5.41, 5.74) is 1.03. The van der Waals surface area contributed by atoms with E-state index in [1.165, 1.54) is 0 Å². The van der Waals surface area contributed by atoms with Gasteiger partial charge in [0.1, 0.15) is 0 Å². The summed E-state index contributed by atoms with van der Waals surface area (Å²) in [6, 6.07) is 6.23. The van der Waals surface area contributed by atoms with Crippen LogP contribution in [0.1, 0.15) is 12.1 Å². The minimum atomic E-state index is 0.213. The molecule has 1 N–H and O–H groups in total. The second-order valence-corrected chi connectivity index (χ2v) is 5.45. The van der Waals surface area contributed by atoms with Gasteiger partial charge >= 0.3 is 0 Å². The van der Waals surface area contributed by atoms with Gasteiger partial charge in [-0.05, 0) is 25.1 Å². The van der Waals surface area contributed by atoms with Crippen LogP contribution in [-0.4, -0.2) is 47.7 Å². The van der Waals surface area contributed by atoms with E-state index in [2.05, 4.69) is 10.3 Å². The summed E-state index contributed by atoms with van der Waals surface area (Å²) in [4.78, 5) is 18.1. The van der Waals surface area contributed by atoms with E-state index < -0.39 is 0 Å². The number of pyridine rings is 1. The summed E-state index contributed by atoms with van der Waals surface area (Å²) < 4.78 is 0. The normalized spacial score (nSPS) is 18.8. The monoisotopic (exact) mass is 265 g/mol. The quantitative estimate of drug-likeness (QED) is 0.867. The molecule has 1 atom stereocenters. The second-order valence-electron chi connectivity index (χ2n) is 4.47. The van der Waals surface area contributed by atoms with Crippen molar-refractivity contribution in [2.45, 2.75) is 18.2 Å². The lowest BCUT2D eigenvalue weighted by Crippen LogP contribution is -2.39. The first-order valence-electron chi connectivity index (χ1n) is 6.21. The Balaban J connectivity index is 1.71. The van der Waals surface area contributed by atoms with E-state index in [0.29, 0.717) is 11.8 Å². The van der Waals surface area contributed by atoms with E-state index >= 15 is 0 Å². The molecule has 1 aromatic heterocycles. The summed E-state index contributed by atoms with van der Waals surface area (Å²) in [5, 5.41) is 3.28. The zero-order valence-electron chi connectivity index (χ0n) is 10.6. The van der Waals surface area contributed by atoms with Crippen molar-refractivity contribution in [3.05, 3.63) is 30.1 Å². The Morgan fingerprint density at radius 3 is 3.17 bits per heavy atom. The Morgan fingerprint density at radius 2 is 2.50 bits per heavy atom. The molecular weight excluding hydrogens is 246 g/mol. The third-order valence-corrected chi connectivity index (χ3v) is 4.13. The molecule has 0 saturated carbocycles. The van der Waals surface area contributed by atoms with Crippen LogP contribution in [0.4, 0.5) is 0 Å². The number of hydrogen-bond donors (Lipinski definition) is 1. The number of thioether (sulfide) groups is 1. The average molecular weight is 265 g/mol. The van der Waals surface area contributed by atoms with Crippen molar-refractivity contribution in [1.29, 1.82) is 0 Å². The van der Waals surface area contributed by atoms with Gasteiger partial charge in [0, 0.05) is 31.6 Å². The van der Waals surface area contributed by atoms with Gasteiger partial charge in [0.2, 0.25) is 5.91 Å². The fourth-order valence-corrected chi connectivity index (χ4v) is 2.86. The molecule has 0 aliphatic carbocycles. The second kappa shape index (κ2) is 6.75. The van der Waals surface area contributed by atoms with Gasteiger partial charge in [0.15, 0.2) is 0 Å². The third-order valence-electron chi connectivity index (χ3n) is 3.18. The fourth-order valence-electron chi connectivity index (χ4n) is 2.00. The highest BCUT2D eigenvalue weighted by Crippen LogP contribution is 2.12. The van der Waals surface area contributed by atoms with E-state index in [9.17, 15) is 4.79 Å². The standard InChI is InChI=1S/C13H19N3OS/c1-16(12-5-7-14-8-12)13(17)10-18-9-11-4-2-3-6-15-11/h2-4,6,12,14H,5,7-10H2,1H3. The number of rotatable bonds is 5. The molecule has 1 aliphatic heterocycles. The predicted octanol–water partition coefficient (Wildman–Crippen LogP) is 1.14. The minimum absolute atomic E-state index is 0.213. The number of likely N-dealkylation sites (N-methyl/N-ethyl adjacent to an activating group) is 1. The first-order valence-corrected chi connectivity index (χ1v) is 7.37. The van der Waals surface area contributed by atoms with Crippen molar-refractivity contribution in [3.8, 4) is 0 Å². The van der Waals surface area contributed by atoms with Gasteiger partial charge in [0.05, 0.1) is 11.4 Å². The molecule has 2 heterocycles. The highest BCUT2D eigenvalue weighted by molar-refractivity contribution is 7.99. The number of aromatic nitrogens is 1. The van der Waals surface area contributed by atoms with E-state index in [1.807, 2.05) is 30.1 Å². The average Bonchev–Trinajstić information content (AvgIpc) is 2.93. The van der Waals surface area contributed by atoms with Crippen molar-refractivity contribution in [2.75, 3.05) is 25.9 Å². The number of carbonyl (C=O) groups excluding carboxylic acids is 1. The molecule has 0 spiro atoms. The van der Waals surface area contributed by atoms with Crippen LogP contribution >= 0.6 is 11.8 Å². The van der Waals surface area contributed by atoms with Crippen LogP contribution in [0, 0.1) is 0 Å². The van der Waals surface area contributed by atoms with Crippen molar-refractivity contribution < 1.29 is 4.79 Å². The predicted molar refractivity (Wildman–Crippen MR) is 74.4 cm³/mol. The van der Waals surface area contributed by atoms with Gasteiger partial charge in [-0.2, -0.15) is 0 Å². The molecule has 1 amide bonds. The molecule has 0 bridgehead atoms. The Morgan fingerprint density at radius 1 is 1.61 bits per heavy atom. The number of carbonyl (C=O) groups is 1. The number of nitrogens with zero attached hydrogens (tertiary/aromatic N) is 2. The van der Waals surface area contributed by atoms with Crippen molar-refractivity contribution in [1.82, 2.24) is 15.2 Å². The summed E-state index contributed by atoms with van der Waals surface area (Å²) >= 11 is 1.63. The molecule has 2 rings (SSSR count). The summed E-state index contributed by atoms with van der Waals surface area (Å²) in [5.74, 6) is 1.54. The van der Waals surface area contributed by atoms with Gasteiger partial charge in [-0.15, -0.1) is 11.8 Å². The van der Waals surface area contributed by atoms with Crippen LogP contribution in [0.15, 0.2) is 24.4 Å². The number of nitrogens with one attached hydrogen (secondary N) is 1. The van der Waals surface area contributed by atoms with Crippen molar-refractivity contribution in [3.63, 3.8) is 0 Å². The summed E-state index contributed by atoms with van der Waals surface area (Å²) in [6.07, 6.45) is 2.85. The van der Waals surface area contributed by atoms with Crippen LogP contribution in [0.3, 0.4) is 0 Å². The molecular formula is C13H19N3OS. The zero-order chi connectivity index (χ0) is 12.8. The molecule has 1 fully saturated rings. The SMILES string of the molecule is CN(C(=O)CSCc1ccccn1)C1CCNC1. The van der Waals surface area contributed by atoms with E-state index in [-0.39, 0.29) is 5.91 Å². The topological polar surface area (TPSA) is 45.2 Å². The van der Waals surface area contributed by atoms with Crippen LogP contribution in [0.2, 0.25) is 0 Å². The Kier molecular flexibility index (Phi) is 5.01. The van der Waals surface area contributed by atoms with Gasteiger partial charge in [-0.3, -0.25) is 9.78 Å². The maximum atomic E-state index is 12.0. The van der Waals surface area contributed by atoms with Crippen LogP contribution < -0.4 is 5.32 Å². The number of hydrogen-bond acceptors (Lipinski definition) is 4. The number of amides is 1. The van der Waals surface area contributed by atoms with E-state index in [1.54, 1.807) is 18.0 Å². The molecule has 5 heteroatoms. The van der Waals surface area contributed by atoms with Gasteiger partial charge in [-0.1, -0.05) is 6.07 Å². The lowest BCUT2D eigenvalue weighted by Gasteiger charge is -2.23. The molecule has 0 radical (unpaired) electrons. The maximum absolute atomic E-state index is 12.0. The molecule has 4 nitrogen and oxygen atoms in total. The highest BCUT2D eigenvalue weighted by Gasteiger charge is 2.22. The fraction of sp³-hybridized carbons (Fsp3) is 0.538. The van der Waals surface area contributed by atoms with Crippen LogP contribution in [0.25, 0.3) is 0 Å². The van der Waals surface area contributed by atoms with Gasteiger partial charge in [-0.25, -0.2) is 0 Å². The smallest absolute Gasteiger partial charge is 0.232 e. The van der Waals surface area contributed by atoms with Crippen LogP contribution in [0.5, 0.6) is 0 Å². The molecule has 98 valence electrons. The van der Waals surface area contributed by atoms with E-state index in [4.69, 9.17) is 0 Å².